The van der Waals surface area contributed by atoms with Crippen LogP contribution in [-0.2, 0) is 17.6 Å². The van der Waals surface area contributed by atoms with Crippen molar-refractivity contribution in [3.63, 3.8) is 0 Å². The number of hydrogen-bond acceptors (Lipinski definition) is 2. The average Bonchev–Trinajstić information content (AvgIpc) is 2.78. The van der Waals surface area contributed by atoms with E-state index < -0.39 is 0 Å². The van der Waals surface area contributed by atoms with E-state index in [0.717, 1.165) is 17.5 Å². The Morgan fingerprint density at radius 3 is 2.67 bits per heavy atom. The van der Waals surface area contributed by atoms with Crippen LogP contribution in [-0.4, -0.2) is 11.9 Å². The molecule has 108 valence electrons. The summed E-state index contributed by atoms with van der Waals surface area (Å²) >= 11 is 0. The minimum absolute atomic E-state index is 0.0976. The molecule has 3 rings (SSSR count). The predicted molar refractivity (Wildman–Crippen MR) is 79.1 cm³/mol. The summed E-state index contributed by atoms with van der Waals surface area (Å²) in [5.41, 5.74) is 9.20. The third-order valence-corrected chi connectivity index (χ3v) is 3.87. The van der Waals surface area contributed by atoms with Gasteiger partial charge in [0, 0.05) is 6.04 Å². The largest absolute Gasteiger partial charge is 0.347 e. The van der Waals surface area contributed by atoms with Gasteiger partial charge in [-0.3, -0.25) is 4.79 Å². The topological polar surface area (TPSA) is 55.1 Å². The third kappa shape index (κ3) is 2.95. The number of nitrogens with two attached hydrogens (primary N) is 1. The first-order valence-corrected chi connectivity index (χ1v) is 7.00. The zero-order valence-corrected chi connectivity index (χ0v) is 11.6. The number of amides is 1. The summed E-state index contributed by atoms with van der Waals surface area (Å²) in [6, 6.07) is 13.7. The van der Waals surface area contributed by atoms with Crippen LogP contribution in [0.1, 0.15) is 22.7 Å². The van der Waals surface area contributed by atoms with Crippen LogP contribution in [0.4, 0.5) is 4.39 Å². The van der Waals surface area contributed by atoms with Crippen molar-refractivity contribution in [2.24, 2.45) is 5.73 Å². The van der Waals surface area contributed by atoms with E-state index in [2.05, 4.69) is 5.32 Å². The van der Waals surface area contributed by atoms with Crippen LogP contribution >= 0.6 is 0 Å². The Bertz CT molecular complexity index is 654. The fourth-order valence-electron chi connectivity index (χ4n) is 2.82. The third-order valence-electron chi connectivity index (χ3n) is 3.87. The molecule has 2 aromatic carbocycles. The predicted octanol–water partition coefficient (Wildman–Crippen LogP) is 2.11. The first-order valence-electron chi connectivity index (χ1n) is 7.00. The van der Waals surface area contributed by atoms with Crippen LogP contribution in [0.3, 0.4) is 0 Å². The van der Waals surface area contributed by atoms with E-state index in [1.165, 1.54) is 17.7 Å². The minimum Gasteiger partial charge on any atom is -0.347 e. The molecule has 0 radical (unpaired) electrons. The molecule has 0 spiro atoms. The van der Waals surface area contributed by atoms with Crippen molar-refractivity contribution in [1.29, 1.82) is 0 Å². The molecule has 3 nitrogen and oxygen atoms in total. The number of hydrogen-bond donors (Lipinski definition) is 2. The highest BCUT2D eigenvalue weighted by Crippen LogP contribution is 2.30. The van der Waals surface area contributed by atoms with E-state index in [1.54, 1.807) is 12.1 Å². The van der Waals surface area contributed by atoms with E-state index in [1.807, 2.05) is 24.3 Å². The van der Waals surface area contributed by atoms with Gasteiger partial charge in [-0.1, -0.05) is 36.4 Å². The molecule has 2 atom stereocenters. The van der Waals surface area contributed by atoms with Crippen molar-refractivity contribution in [2.75, 3.05) is 0 Å². The Hall–Kier alpha value is -2.20. The molecular weight excluding hydrogens is 267 g/mol. The monoisotopic (exact) mass is 284 g/mol. The van der Waals surface area contributed by atoms with Crippen LogP contribution in [0.5, 0.6) is 0 Å². The maximum atomic E-state index is 12.9. The molecule has 1 aliphatic carbocycles. The van der Waals surface area contributed by atoms with Crippen molar-refractivity contribution in [3.8, 4) is 0 Å². The minimum atomic E-state index is -0.300. The highest BCUT2D eigenvalue weighted by molar-refractivity contribution is 5.79. The highest BCUT2D eigenvalue weighted by atomic mass is 19.1. The van der Waals surface area contributed by atoms with Gasteiger partial charge in [0.2, 0.25) is 5.91 Å². The second kappa shape index (κ2) is 5.66. The fraction of sp³-hybridized carbons (Fsp3) is 0.235. The molecule has 0 aromatic heterocycles. The van der Waals surface area contributed by atoms with Crippen LogP contribution in [0.15, 0.2) is 48.5 Å². The molecule has 0 saturated carbocycles. The van der Waals surface area contributed by atoms with Crippen molar-refractivity contribution < 1.29 is 9.18 Å². The number of carbonyl (C=O) groups is 1. The van der Waals surface area contributed by atoms with E-state index in [-0.39, 0.29) is 30.2 Å². The fourth-order valence-corrected chi connectivity index (χ4v) is 2.82. The summed E-state index contributed by atoms with van der Waals surface area (Å²) in [6.07, 6.45) is 1.00. The van der Waals surface area contributed by atoms with Gasteiger partial charge in [-0.05, 0) is 35.2 Å². The van der Waals surface area contributed by atoms with Gasteiger partial charge < -0.3 is 11.1 Å². The van der Waals surface area contributed by atoms with E-state index in [9.17, 15) is 9.18 Å². The molecule has 1 amide bonds. The SMILES string of the molecule is NC1Cc2ccccc2C1NC(=O)Cc1ccc(F)cc1. The number of halogens is 1. The maximum absolute atomic E-state index is 12.9. The van der Waals surface area contributed by atoms with Gasteiger partial charge in [-0.15, -0.1) is 0 Å². The Labute approximate surface area is 123 Å². The normalized spacial score (nSPS) is 20.1. The van der Waals surface area contributed by atoms with Crippen molar-refractivity contribution in [1.82, 2.24) is 5.32 Å². The van der Waals surface area contributed by atoms with E-state index in [0.29, 0.717) is 0 Å². The van der Waals surface area contributed by atoms with Crippen LogP contribution in [0, 0.1) is 5.82 Å². The first kappa shape index (κ1) is 13.8. The van der Waals surface area contributed by atoms with Crippen molar-refractivity contribution >= 4 is 5.91 Å². The molecule has 21 heavy (non-hydrogen) atoms. The standard InChI is InChI=1S/C17H17FN2O/c18-13-7-5-11(6-8-13)9-16(21)20-17-14-4-2-1-3-12(14)10-15(17)19/h1-8,15,17H,9-10,19H2,(H,20,21). The van der Waals surface area contributed by atoms with Crippen molar-refractivity contribution in [2.45, 2.75) is 24.9 Å². The van der Waals surface area contributed by atoms with Crippen LogP contribution in [0.2, 0.25) is 0 Å². The lowest BCUT2D eigenvalue weighted by Crippen LogP contribution is -2.39. The Kier molecular flexibility index (Phi) is 3.71. The molecule has 2 unspecified atom stereocenters. The Balaban J connectivity index is 1.69. The Morgan fingerprint density at radius 2 is 1.90 bits per heavy atom. The van der Waals surface area contributed by atoms with Gasteiger partial charge in [0.25, 0.3) is 0 Å². The van der Waals surface area contributed by atoms with Crippen LogP contribution < -0.4 is 11.1 Å². The van der Waals surface area contributed by atoms with Gasteiger partial charge in [0.05, 0.1) is 12.5 Å². The Morgan fingerprint density at radius 1 is 1.19 bits per heavy atom. The van der Waals surface area contributed by atoms with Gasteiger partial charge in [-0.2, -0.15) is 0 Å². The number of benzene rings is 2. The van der Waals surface area contributed by atoms with Crippen LogP contribution in [0.25, 0.3) is 0 Å². The summed E-state index contributed by atoms with van der Waals surface area (Å²) in [5.74, 6) is -0.398. The number of rotatable bonds is 3. The molecule has 0 saturated heterocycles. The molecule has 4 heteroatoms. The summed E-state index contributed by atoms with van der Waals surface area (Å²) < 4.78 is 12.9. The lowest BCUT2D eigenvalue weighted by molar-refractivity contribution is -0.121. The van der Waals surface area contributed by atoms with Gasteiger partial charge in [0.15, 0.2) is 0 Å². The molecule has 2 aromatic rings. The zero-order chi connectivity index (χ0) is 14.8. The summed E-state index contributed by atoms with van der Waals surface area (Å²) in [5, 5.41) is 2.99. The van der Waals surface area contributed by atoms with E-state index >= 15 is 0 Å². The highest BCUT2D eigenvalue weighted by Gasteiger charge is 2.30. The lowest BCUT2D eigenvalue weighted by atomic mass is 10.1. The van der Waals surface area contributed by atoms with E-state index in [4.69, 9.17) is 5.73 Å². The lowest BCUT2D eigenvalue weighted by Gasteiger charge is -2.18. The van der Waals surface area contributed by atoms with Gasteiger partial charge in [0.1, 0.15) is 5.82 Å². The second-order valence-corrected chi connectivity index (χ2v) is 5.42. The maximum Gasteiger partial charge on any atom is 0.224 e. The smallest absolute Gasteiger partial charge is 0.224 e. The molecule has 0 heterocycles. The molecule has 0 fully saturated rings. The number of nitrogens with one attached hydrogen (secondary N) is 1. The average molecular weight is 284 g/mol. The van der Waals surface area contributed by atoms with Gasteiger partial charge >= 0.3 is 0 Å². The second-order valence-electron chi connectivity index (χ2n) is 5.42. The molecule has 3 N–H and O–H groups in total. The summed E-state index contributed by atoms with van der Waals surface area (Å²) in [4.78, 5) is 12.1. The number of fused-ring (bicyclic) bond motifs is 1. The zero-order valence-electron chi connectivity index (χ0n) is 11.6. The molecule has 0 bridgehead atoms. The molecule has 1 aliphatic rings. The quantitative estimate of drug-likeness (QED) is 0.907. The summed E-state index contributed by atoms with van der Waals surface area (Å²) in [6.45, 7) is 0. The first-order chi connectivity index (χ1) is 10.1. The van der Waals surface area contributed by atoms with Gasteiger partial charge in [-0.25, -0.2) is 4.39 Å². The summed E-state index contributed by atoms with van der Waals surface area (Å²) in [7, 11) is 0. The van der Waals surface area contributed by atoms with Crippen molar-refractivity contribution in [3.05, 3.63) is 71.0 Å². The number of carbonyl (C=O) groups excluding carboxylic acids is 1. The molecule has 0 aliphatic heterocycles. The molecular formula is C17H17FN2O.